The number of aromatic nitrogens is 4. The predicted molar refractivity (Wildman–Crippen MR) is 255 cm³/mol. The average molecular weight is 793 g/mol. The molecule has 5 nitrogen and oxygen atoms in total. The highest BCUT2D eigenvalue weighted by Crippen LogP contribution is 2.42. The minimum absolute atomic E-state index is 0.0998. The predicted octanol–water partition coefficient (Wildman–Crippen LogP) is 14.5. The smallest absolute Gasteiger partial charge is 0.164 e. The second kappa shape index (κ2) is 16.1. The molecule has 1 unspecified atom stereocenters. The fourth-order valence-corrected chi connectivity index (χ4v) is 8.33. The van der Waals surface area contributed by atoms with Crippen molar-refractivity contribution in [3.63, 3.8) is 0 Å². The van der Waals surface area contributed by atoms with Crippen molar-refractivity contribution in [3.8, 4) is 56.4 Å². The molecule has 0 amide bonds. The molecule has 1 atom stereocenters. The molecule has 0 saturated carbocycles. The summed E-state index contributed by atoms with van der Waals surface area (Å²) >= 11 is 0. The van der Waals surface area contributed by atoms with Gasteiger partial charge in [-0.2, -0.15) is 0 Å². The zero-order chi connectivity index (χ0) is 41.2. The number of benzene rings is 8. The van der Waals surface area contributed by atoms with E-state index in [1.165, 1.54) is 16.3 Å². The van der Waals surface area contributed by atoms with E-state index in [9.17, 15) is 0 Å². The lowest BCUT2D eigenvalue weighted by atomic mass is 9.91. The van der Waals surface area contributed by atoms with Crippen molar-refractivity contribution >= 4 is 32.9 Å². The van der Waals surface area contributed by atoms with E-state index in [2.05, 4.69) is 152 Å². The van der Waals surface area contributed by atoms with E-state index in [0.29, 0.717) is 17.5 Å². The fourth-order valence-electron chi connectivity index (χ4n) is 8.33. The van der Waals surface area contributed by atoms with Crippen LogP contribution in [0.3, 0.4) is 0 Å². The molecule has 0 saturated heterocycles. The normalized spacial score (nSPS) is 13.6. The summed E-state index contributed by atoms with van der Waals surface area (Å²) in [5.41, 5.74) is 13.6. The Hall–Kier alpha value is -8.28. The standard InChI is InChI=1S/C57H38N5/c1-5-15-39(16-6-1)53-36-46(37-54(59-53)40-17-7-2-8-18-40)52-34-30-45-35-44(29-33-51(45)58-52)48-32-31-47(49-23-13-14-24-50(48)49)38-25-27-43(28-26-38)57-61-55(41-19-9-3-10-20-41)60-56(62-57)42-21-11-4-12-22-42/h1-37,53H/q-1. The first-order valence-electron chi connectivity index (χ1n) is 20.9. The lowest BCUT2D eigenvalue weighted by molar-refractivity contribution is 1.04. The van der Waals surface area contributed by atoms with Crippen LogP contribution in [0.5, 0.6) is 0 Å². The number of rotatable bonds is 8. The molecule has 2 aromatic heterocycles. The summed E-state index contributed by atoms with van der Waals surface area (Å²) in [6.45, 7) is 0. The van der Waals surface area contributed by atoms with Gasteiger partial charge in [0, 0.05) is 22.1 Å². The maximum Gasteiger partial charge on any atom is 0.164 e. The van der Waals surface area contributed by atoms with Crippen LogP contribution in [0.25, 0.3) is 94.7 Å². The second-order valence-electron chi connectivity index (χ2n) is 15.4. The van der Waals surface area contributed by atoms with Gasteiger partial charge >= 0.3 is 0 Å². The molecule has 0 radical (unpaired) electrons. The molecule has 292 valence electrons. The first kappa shape index (κ1) is 36.8. The molecule has 0 aliphatic carbocycles. The third kappa shape index (κ3) is 7.22. The van der Waals surface area contributed by atoms with Crippen molar-refractivity contribution in [2.45, 2.75) is 6.04 Å². The van der Waals surface area contributed by atoms with Crippen molar-refractivity contribution in [1.82, 2.24) is 19.9 Å². The molecule has 10 aromatic rings. The van der Waals surface area contributed by atoms with Gasteiger partial charge in [0.2, 0.25) is 0 Å². The van der Waals surface area contributed by atoms with E-state index >= 15 is 0 Å². The number of hydrogen-bond donors (Lipinski definition) is 0. The Bertz CT molecular complexity index is 3230. The summed E-state index contributed by atoms with van der Waals surface area (Å²) in [4.78, 5) is 20.0. The summed E-state index contributed by atoms with van der Waals surface area (Å²) in [6, 6.07) is 73.5. The van der Waals surface area contributed by atoms with Crippen molar-refractivity contribution in [2.75, 3.05) is 0 Å². The van der Waals surface area contributed by atoms with Crippen molar-refractivity contribution in [1.29, 1.82) is 0 Å². The molecule has 0 fully saturated rings. The summed E-state index contributed by atoms with van der Waals surface area (Å²) < 4.78 is 0. The van der Waals surface area contributed by atoms with Gasteiger partial charge in [0.15, 0.2) is 17.5 Å². The van der Waals surface area contributed by atoms with Gasteiger partial charge < -0.3 is 5.32 Å². The Morgan fingerprint density at radius 2 is 0.855 bits per heavy atom. The lowest BCUT2D eigenvalue weighted by Crippen LogP contribution is -2.03. The Labute approximate surface area is 360 Å². The van der Waals surface area contributed by atoms with E-state index in [-0.39, 0.29) is 6.04 Å². The zero-order valence-electron chi connectivity index (χ0n) is 33.7. The molecule has 5 heteroatoms. The van der Waals surface area contributed by atoms with Crippen LogP contribution in [0.2, 0.25) is 0 Å². The van der Waals surface area contributed by atoms with Gasteiger partial charge in [0.1, 0.15) is 0 Å². The first-order chi connectivity index (χ1) is 30.7. The van der Waals surface area contributed by atoms with Crippen molar-refractivity contribution < 1.29 is 0 Å². The molecule has 11 rings (SSSR count). The molecule has 1 aliphatic heterocycles. The van der Waals surface area contributed by atoms with E-state index in [0.717, 1.165) is 72.4 Å². The third-order valence-corrected chi connectivity index (χ3v) is 11.5. The molecule has 0 bridgehead atoms. The SMILES string of the molecule is C1=C(c2ccccc2)[N-]C(c2ccccc2)C=C1c1ccc2cc(-c3ccc(-c4ccc(-c5nc(-c6ccccc6)nc(-c6ccccc6)n5)cc4)c4ccccc34)ccc2n1. The largest absolute Gasteiger partial charge is 0.674 e. The number of hydrogen-bond acceptors (Lipinski definition) is 4. The Morgan fingerprint density at radius 3 is 1.45 bits per heavy atom. The summed E-state index contributed by atoms with van der Waals surface area (Å²) in [5, 5.41) is 8.62. The number of fused-ring (bicyclic) bond motifs is 2. The molecular formula is C57H38N5-. The average Bonchev–Trinajstić information content (AvgIpc) is 3.36. The van der Waals surface area contributed by atoms with Gasteiger partial charge in [-0.1, -0.05) is 218 Å². The van der Waals surface area contributed by atoms with Gasteiger partial charge in [0.05, 0.1) is 11.2 Å². The van der Waals surface area contributed by atoms with Gasteiger partial charge in [-0.3, -0.25) is 0 Å². The molecule has 3 heterocycles. The molecule has 0 spiro atoms. The Kier molecular flexibility index (Phi) is 9.52. The van der Waals surface area contributed by atoms with E-state index in [1.807, 2.05) is 72.8 Å². The highest BCUT2D eigenvalue weighted by Gasteiger charge is 2.16. The second-order valence-corrected chi connectivity index (χ2v) is 15.4. The van der Waals surface area contributed by atoms with Gasteiger partial charge in [0.25, 0.3) is 0 Å². The minimum Gasteiger partial charge on any atom is -0.674 e. The molecule has 0 N–H and O–H groups in total. The third-order valence-electron chi connectivity index (χ3n) is 11.5. The van der Waals surface area contributed by atoms with Crippen LogP contribution in [0, 0.1) is 0 Å². The van der Waals surface area contributed by atoms with Gasteiger partial charge in [-0.05, 0) is 62.4 Å². The molecule has 8 aromatic carbocycles. The Balaban J connectivity index is 0.915. The minimum atomic E-state index is -0.0998. The van der Waals surface area contributed by atoms with Crippen molar-refractivity contribution in [3.05, 3.63) is 247 Å². The first-order valence-corrected chi connectivity index (χ1v) is 20.9. The van der Waals surface area contributed by atoms with E-state index < -0.39 is 0 Å². The van der Waals surface area contributed by atoms with Crippen LogP contribution in [0.15, 0.2) is 224 Å². The molecule has 1 aliphatic rings. The topological polar surface area (TPSA) is 65.7 Å². The number of nitrogens with zero attached hydrogens (tertiary/aromatic N) is 5. The maximum atomic E-state index is 5.21. The van der Waals surface area contributed by atoms with Crippen LogP contribution in [-0.2, 0) is 0 Å². The van der Waals surface area contributed by atoms with Crippen LogP contribution in [-0.4, -0.2) is 19.9 Å². The number of pyridine rings is 1. The zero-order valence-corrected chi connectivity index (χ0v) is 33.7. The highest BCUT2D eigenvalue weighted by atomic mass is 15.0. The van der Waals surface area contributed by atoms with Gasteiger partial charge in [-0.25, -0.2) is 19.9 Å². The fraction of sp³-hybridized carbons (Fsp3) is 0.0175. The summed E-state index contributed by atoms with van der Waals surface area (Å²) in [7, 11) is 0. The number of allylic oxidation sites excluding steroid dienone is 2. The lowest BCUT2D eigenvalue weighted by Gasteiger charge is -2.38. The Morgan fingerprint density at radius 1 is 0.371 bits per heavy atom. The molecule has 62 heavy (non-hydrogen) atoms. The highest BCUT2D eigenvalue weighted by molar-refractivity contribution is 6.06. The molecular weight excluding hydrogens is 755 g/mol. The van der Waals surface area contributed by atoms with Crippen LogP contribution in [0.1, 0.15) is 22.9 Å². The maximum absolute atomic E-state index is 5.21. The van der Waals surface area contributed by atoms with Crippen LogP contribution < -0.4 is 0 Å². The van der Waals surface area contributed by atoms with Crippen LogP contribution >= 0.6 is 0 Å². The summed E-state index contributed by atoms with van der Waals surface area (Å²) in [6.07, 6.45) is 4.39. The van der Waals surface area contributed by atoms with Gasteiger partial charge in [-0.15, -0.1) is 5.70 Å². The monoisotopic (exact) mass is 792 g/mol. The van der Waals surface area contributed by atoms with E-state index in [1.54, 1.807) is 0 Å². The summed E-state index contributed by atoms with van der Waals surface area (Å²) in [5.74, 6) is 1.93. The quantitative estimate of drug-likeness (QED) is 0.154. The van der Waals surface area contributed by atoms with E-state index in [4.69, 9.17) is 25.3 Å². The van der Waals surface area contributed by atoms with Crippen molar-refractivity contribution in [2.24, 2.45) is 0 Å². The van der Waals surface area contributed by atoms with Crippen LogP contribution in [0.4, 0.5) is 0 Å².